The van der Waals surface area contributed by atoms with Crippen molar-refractivity contribution in [1.29, 1.82) is 0 Å². The van der Waals surface area contributed by atoms with E-state index < -0.39 is 0 Å². The summed E-state index contributed by atoms with van der Waals surface area (Å²) in [6.07, 6.45) is 1.55. The Morgan fingerprint density at radius 3 is 2.90 bits per heavy atom. The largest absolute Gasteiger partial charge is 0.318 e. The molecule has 1 N–H and O–H groups in total. The molecular formula is C14H13N5OS. The molecule has 0 atom stereocenters. The SMILES string of the molecule is Cc1nccc(C(=O)NN=c2sc3ccccc3n2C)n1. The van der Waals surface area contributed by atoms with Gasteiger partial charge in [0.2, 0.25) is 4.80 Å². The number of hydrogen-bond acceptors (Lipinski definition) is 5. The van der Waals surface area contributed by atoms with Gasteiger partial charge in [-0.05, 0) is 25.1 Å². The lowest BCUT2D eigenvalue weighted by atomic mass is 10.3. The van der Waals surface area contributed by atoms with Gasteiger partial charge in [-0.3, -0.25) is 4.79 Å². The highest BCUT2D eigenvalue weighted by Crippen LogP contribution is 2.14. The Bertz CT molecular complexity index is 880. The van der Waals surface area contributed by atoms with E-state index in [9.17, 15) is 4.79 Å². The monoisotopic (exact) mass is 299 g/mol. The molecule has 2 heterocycles. The van der Waals surface area contributed by atoms with Gasteiger partial charge in [-0.2, -0.15) is 0 Å². The van der Waals surface area contributed by atoms with Crippen LogP contribution in [0.25, 0.3) is 10.2 Å². The fraction of sp³-hybridized carbons (Fsp3) is 0.143. The summed E-state index contributed by atoms with van der Waals surface area (Å²) in [4.78, 5) is 20.7. The molecule has 0 spiro atoms. The van der Waals surface area contributed by atoms with Crippen molar-refractivity contribution in [3.63, 3.8) is 0 Å². The van der Waals surface area contributed by atoms with Gasteiger partial charge in [0.1, 0.15) is 11.5 Å². The van der Waals surface area contributed by atoms with Crippen molar-refractivity contribution >= 4 is 27.5 Å². The average molecular weight is 299 g/mol. The number of carbonyl (C=O) groups excluding carboxylic acids is 1. The van der Waals surface area contributed by atoms with Gasteiger partial charge in [-0.15, -0.1) is 5.10 Å². The second kappa shape index (κ2) is 5.45. The second-order valence-electron chi connectivity index (χ2n) is 4.45. The highest BCUT2D eigenvalue weighted by molar-refractivity contribution is 7.16. The molecule has 6 nitrogen and oxygen atoms in total. The molecule has 0 aliphatic carbocycles. The first-order chi connectivity index (χ1) is 10.1. The third-order valence-electron chi connectivity index (χ3n) is 2.98. The third-order valence-corrected chi connectivity index (χ3v) is 4.09. The fourth-order valence-corrected chi connectivity index (χ4v) is 2.91. The number of benzene rings is 1. The summed E-state index contributed by atoms with van der Waals surface area (Å²) >= 11 is 1.51. The zero-order valence-corrected chi connectivity index (χ0v) is 12.4. The molecule has 0 saturated heterocycles. The molecule has 3 aromatic rings. The van der Waals surface area contributed by atoms with Crippen molar-refractivity contribution in [2.45, 2.75) is 6.92 Å². The number of amides is 1. The van der Waals surface area contributed by atoms with Crippen molar-refractivity contribution in [2.24, 2.45) is 12.1 Å². The minimum atomic E-state index is -0.349. The minimum Gasteiger partial charge on any atom is -0.318 e. The van der Waals surface area contributed by atoms with Crippen LogP contribution < -0.4 is 10.2 Å². The predicted molar refractivity (Wildman–Crippen MR) is 80.6 cm³/mol. The average Bonchev–Trinajstić information content (AvgIpc) is 2.82. The predicted octanol–water partition coefficient (Wildman–Crippen LogP) is 1.58. The Hall–Kier alpha value is -2.54. The summed E-state index contributed by atoms with van der Waals surface area (Å²) in [5, 5.41) is 4.17. The number of fused-ring (bicyclic) bond motifs is 1. The molecule has 0 unspecified atom stereocenters. The van der Waals surface area contributed by atoms with Gasteiger partial charge in [-0.25, -0.2) is 15.4 Å². The third kappa shape index (κ3) is 2.68. The first-order valence-corrected chi connectivity index (χ1v) is 7.15. The maximum absolute atomic E-state index is 12.0. The molecule has 0 aliphatic heterocycles. The topological polar surface area (TPSA) is 72.2 Å². The van der Waals surface area contributed by atoms with Crippen molar-refractivity contribution in [3.8, 4) is 0 Å². The first-order valence-electron chi connectivity index (χ1n) is 6.33. The number of hydrogen-bond donors (Lipinski definition) is 1. The lowest BCUT2D eigenvalue weighted by molar-refractivity contribution is 0.0947. The molecule has 7 heteroatoms. The van der Waals surface area contributed by atoms with Gasteiger partial charge >= 0.3 is 0 Å². The number of carbonyl (C=O) groups is 1. The van der Waals surface area contributed by atoms with Crippen LogP contribution in [0.5, 0.6) is 0 Å². The van der Waals surface area contributed by atoms with Crippen LogP contribution in [0, 0.1) is 6.92 Å². The van der Waals surface area contributed by atoms with Crippen LogP contribution in [0.1, 0.15) is 16.3 Å². The zero-order chi connectivity index (χ0) is 14.8. The van der Waals surface area contributed by atoms with Crippen molar-refractivity contribution in [3.05, 3.63) is 52.8 Å². The lowest BCUT2D eigenvalue weighted by Crippen LogP contribution is -2.24. The molecule has 0 aliphatic rings. The van der Waals surface area contributed by atoms with Crippen molar-refractivity contribution < 1.29 is 4.79 Å². The fourth-order valence-electron chi connectivity index (χ4n) is 1.93. The van der Waals surface area contributed by atoms with E-state index in [1.54, 1.807) is 19.2 Å². The van der Waals surface area contributed by atoms with Crippen molar-refractivity contribution in [1.82, 2.24) is 20.0 Å². The number of nitrogens with zero attached hydrogens (tertiary/aromatic N) is 4. The smallest absolute Gasteiger partial charge is 0.290 e. The molecule has 106 valence electrons. The van der Waals surface area contributed by atoms with Gasteiger partial charge in [0.25, 0.3) is 5.91 Å². The maximum Gasteiger partial charge on any atom is 0.290 e. The number of thiazole rings is 1. The van der Waals surface area contributed by atoms with E-state index in [4.69, 9.17) is 0 Å². The highest BCUT2D eigenvalue weighted by Gasteiger charge is 2.07. The summed E-state index contributed by atoms with van der Waals surface area (Å²) in [7, 11) is 1.92. The van der Waals surface area contributed by atoms with Gasteiger partial charge in [0, 0.05) is 13.2 Å². The molecule has 2 aromatic heterocycles. The second-order valence-corrected chi connectivity index (χ2v) is 5.46. The lowest BCUT2D eigenvalue weighted by Gasteiger charge is -1.99. The molecular weight excluding hydrogens is 286 g/mol. The molecule has 0 fully saturated rings. The van der Waals surface area contributed by atoms with Crippen LogP contribution in [0.3, 0.4) is 0 Å². The Morgan fingerprint density at radius 1 is 1.33 bits per heavy atom. The Kier molecular flexibility index (Phi) is 3.49. The van der Waals surface area contributed by atoms with Crippen LogP contribution in [0.2, 0.25) is 0 Å². The maximum atomic E-state index is 12.0. The van der Waals surface area contributed by atoms with Crippen LogP contribution in [-0.2, 0) is 7.05 Å². The number of nitrogens with one attached hydrogen (secondary N) is 1. The zero-order valence-electron chi connectivity index (χ0n) is 11.6. The van der Waals surface area contributed by atoms with E-state index >= 15 is 0 Å². The van der Waals surface area contributed by atoms with Gasteiger partial charge in [0.05, 0.1) is 10.2 Å². The van der Waals surface area contributed by atoms with E-state index in [-0.39, 0.29) is 5.91 Å². The van der Waals surface area contributed by atoms with Gasteiger partial charge in [0.15, 0.2) is 0 Å². The molecule has 0 radical (unpaired) electrons. The Labute approximate surface area is 124 Å². The standard InChI is InChI=1S/C14H13N5OS/c1-9-15-8-7-10(16-9)13(20)17-18-14-19(2)11-5-3-4-6-12(11)21-14/h3-8H,1-2H3,(H,17,20). The normalized spacial score (nSPS) is 11.8. The molecule has 0 saturated carbocycles. The van der Waals surface area contributed by atoms with E-state index in [1.807, 2.05) is 35.9 Å². The molecule has 1 amide bonds. The Balaban J connectivity index is 1.91. The Morgan fingerprint density at radius 2 is 2.14 bits per heavy atom. The molecule has 21 heavy (non-hydrogen) atoms. The van der Waals surface area contributed by atoms with Crippen LogP contribution in [0.15, 0.2) is 41.6 Å². The summed E-state index contributed by atoms with van der Waals surface area (Å²) in [5.74, 6) is 0.202. The van der Waals surface area contributed by atoms with E-state index in [2.05, 4.69) is 20.5 Å². The van der Waals surface area contributed by atoms with Crippen LogP contribution in [0.4, 0.5) is 0 Å². The molecule has 3 rings (SSSR count). The van der Waals surface area contributed by atoms with E-state index in [0.717, 1.165) is 15.0 Å². The highest BCUT2D eigenvalue weighted by atomic mass is 32.1. The molecule has 0 bridgehead atoms. The van der Waals surface area contributed by atoms with Crippen molar-refractivity contribution in [2.75, 3.05) is 0 Å². The summed E-state index contributed by atoms with van der Waals surface area (Å²) < 4.78 is 3.05. The minimum absolute atomic E-state index is 0.301. The summed E-state index contributed by atoms with van der Waals surface area (Å²) in [5.41, 5.74) is 3.91. The molecule has 1 aromatic carbocycles. The number of aryl methyl sites for hydroxylation is 2. The number of rotatable bonds is 2. The van der Waals surface area contributed by atoms with Gasteiger partial charge < -0.3 is 4.57 Å². The van der Waals surface area contributed by atoms with Gasteiger partial charge in [-0.1, -0.05) is 23.5 Å². The number of aromatic nitrogens is 3. The van der Waals surface area contributed by atoms with E-state index in [1.165, 1.54) is 11.3 Å². The van der Waals surface area contributed by atoms with Crippen LogP contribution >= 0.6 is 11.3 Å². The first kappa shape index (κ1) is 13.4. The quantitative estimate of drug-likeness (QED) is 0.730. The summed E-state index contributed by atoms with van der Waals surface area (Å²) in [6, 6.07) is 9.55. The van der Waals surface area contributed by atoms with E-state index in [0.29, 0.717) is 11.5 Å². The summed E-state index contributed by atoms with van der Waals surface area (Å²) in [6.45, 7) is 1.74. The number of para-hydroxylation sites is 1. The van der Waals surface area contributed by atoms with Crippen LogP contribution in [-0.4, -0.2) is 20.4 Å².